The second-order valence-electron chi connectivity index (χ2n) is 7.93. The number of amides is 3. The van der Waals surface area contributed by atoms with Crippen LogP contribution in [0.15, 0.2) is 48.5 Å². The Kier molecular flexibility index (Phi) is 6.21. The Morgan fingerprint density at radius 2 is 1.94 bits per heavy atom. The van der Waals surface area contributed by atoms with Crippen LogP contribution in [0.3, 0.4) is 0 Å². The molecule has 31 heavy (non-hydrogen) atoms. The van der Waals surface area contributed by atoms with Crippen LogP contribution in [0.25, 0.3) is 10.9 Å². The minimum Gasteiger partial charge on any atom is -0.358 e. The van der Waals surface area contributed by atoms with Gasteiger partial charge >= 0.3 is 6.03 Å². The number of carbonyl (C=O) groups excluding carboxylic acids is 2. The van der Waals surface area contributed by atoms with Crippen molar-refractivity contribution in [3.63, 3.8) is 0 Å². The molecule has 0 unspecified atom stereocenters. The summed E-state index contributed by atoms with van der Waals surface area (Å²) in [6.45, 7) is 3.42. The van der Waals surface area contributed by atoms with E-state index >= 15 is 0 Å². The smallest absolute Gasteiger partial charge is 0.315 e. The highest BCUT2D eigenvalue weighted by Gasteiger charge is 2.29. The molecule has 1 aromatic heterocycles. The zero-order valence-electron chi connectivity index (χ0n) is 17.6. The number of halogens is 1. The highest BCUT2D eigenvalue weighted by Crippen LogP contribution is 2.28. The Labute approximate surface area is 180 Å². The first kappa shape index (κ1) is 20.9. The number of rotatable bonds is 6. The van der Waals surface area contributed by atoms with Crippen LogP contribution in [0.4, 0.5) is 9.18 Å². The van der Waals surface area contributed by atoms with Crippen LogP contribution in [0.5, 0.6) is 0 Å². The number of benzene rings is 2. The molecule has 1 aliphatic rings. The van der Waals surface area contributed by atoms with Gasteiger partial charge in [-0.15, -0.1) is 0 Å². The number of fused-ring (bicyclic) bond motifs is 3. The Bertz CT molecular complexity index is 1080. The predicted octanol–water partition coefficient (Wildman–Crippen LogP) is 3.86. The molecule has 3 aromatic rings. The first-order valence-corrected chi connectivity index (χ1v) is 10.7. The molecule has 0 spiro atoms. The normalized spacial score (nSPS) is 14.2. The molecule has 0 radical (unpaired) electrons. The first-order chi connectivity index (χ1) is 15.0. The van der Waals surface area contributed by atoms with Gasteiger partial charge in [-0.3, -0.25) is 4.79 Å². The summed E-state index contributed by atoms with van der Waals surface area (Å²) in [5.74, 6) is -0.378. The quantitative estimate of drug-likeness (QED) is 0.564. The van der Waals surface area contributed by atoms with E-state index in [4.69, 9.17) is 0 Å². The van der Waals surface area contributed by atoms with E-state index in [0.717, 1.165) is 34.9 Å². The summed E-state index contributed by atoms with van der Waals surface area (Å²) in [5.41, 5.74) is 4.22. The lowest BCUT2D eigenvalue weighted by Crippen LogP contribution is -2.52. The van der Waals surface area contributed by atoms with E-state index in [2.05, 4.69) is 21.7 Å². The minimum atomic E-state index is -0.579. The molecule has 0 bridgehead atoms. The number of aromatic amines is 1. The molecule has 0 saturated carbocycles. The summed E-state index contributed by atoms with van der Waals surface area (Å²) in [6.07, 6.45) is 2.12. The van der Waals surface area contributed by atoms with Gasteiger partial charge in [0.25, 0.3) is 0 Å². The highest BCUT2D eigenvalue weighted by molar-refractivity contribution is 5.89. The lowest BCUT2D eigenvalue weighted by atomic mass is 10.0. The van der Waals surface area contributed by atoms with Crippen LogP contribution in [-0.2, 0) is 24.3 Å². The number of hydrogen-bond acceptors (Lipinski definition) is 2. The minimum absolute atomic E-state index is 0.0605. The molecular formula is C24H27FN4O2. The van der Waals surface area contributed by atoms with Crippen molar-refractivity contribution in [2.75, 3.05) is 6.54 Å². The fourth-order valence-electron chi connectivity index (χ4n) is 4.11. The summed E-state index contributed by atoms with van der Waals surface area (Å²) in [4.78, 5) is 30.9. The number of carbonyl (C=O) groups is 2. The second kappa shape index (κ2) is 9.20. The monoisotopic (exact) mass is 422 g/mol. The molecule has 3 amide bonds. The van der Waals surface area contributed by atoms with E-state index < -0.39 is 12.1 Å². The molecule has 0 fully saturated rings. The molecule has 7 heteroatoms. The van der Waals surface area contributed by atoms with Gasteiger partial charge in [-0.05, 0) is 30.2 Å². The number of para-hydroxylation sites is 1. The average Bonchev–Trinajstić information content (AvgIpc) is 3.16. The van der Waals surface area contributed by atoms with Gasteiger partial charge in [-0.25, -0.2) is 9.18 Å². The second-order valence-corrected chi connectivity index (χ2v) is 7.93. The maximum absolute atomic E-state index is 13.2. The summed E-state index contributed by atoms with van der Waals surface area (Å²) >= 11 is 0. The largest absolute Gasteiger partial charge is 0.358 e. The van der Waals surface area contributed by atoms with Crippen LogP contribution in [0.2, 0.25) is 0 Å². The maximum Gasteiger partial charge on any atom is 0.315 e. The summed E-state index contributed by atoms with van der Waals surface area (Å²) in [7, 11) is 0. The fourth-order valence-corrected chi connectivity index (χ4v) is 4.11. The van der Waals surface area contributed by atoms with Gasteiger partial charge in [0.2, 0.25) is 5.91 Å². The van der Waals surface area contributed by atoms with Crippen LogP contribution in [0.1, 0.15) is 36.6 Å². The summed E-state index contributed by atoms with van der Waals surface area (Å²) < 4.78 is 13.0. The molecule has 0 aliphatic carbocycles. The van der Waals surface area contributed by atoms with Crippen molar-refractivity contribution < 1.29 is 14.0 Å². The van der Waals surface area contributed by atoms with Gasteiger partial charge in [-0.1, -0.05) is 43.7 Å². The third-order valence-corrected chi connectivity index (χ3v) is 5.74. The molecule has 162 valence electrons. The Morgan fingerprint density at radius 3 is 2.71 bits per heavy atom. The lowest BCUT2D eigenvalue weighted by Gasteiger charge is -2.31. The molecule has 2 aromatic carbocycles. The van der Waals surface area contributed by atoms with Crippen LogP contribution >= 0.6 is 0 Å². The third kappa shape index (κ3) is 4.71. The van der Waals surface area contributed by atoms with Crippen molar-refractivity contribution in [1.29, 1.82) is 0 Å². The molecule has 3 N–H and O–H groups in total. The molecule has 2 heterocycles. The predicted molar refractivity (Wildman–Crippen MR) is 118 cm³/mol. The van der Waals surface area contributed by atoms with E-state index in [0.29, 0.717) is 19.5 Å². The number of aromatic nitrogens is 1. The van der Waals surface area contributed by atoms with E-state index in [1.54, 1.807) is 12.1 Å². The summed E-state index contributed by atoms with van der Waals surface area (Å²) in [5, 5.41) is 6.73. The first-order valence-electron chi connectivity index (χ1n) is 10.7. The Morgan fingerprint density at radius 1 is 1.16 bits per heavy atom. The van der Waals surface area contributed by atoms with Crippen molar-refractivity contribution in [2.24, 2.45) is 0 Å². The molecule has 0 saturated heterocycles. The van der Waals surface area contributed by atoms with E-state index in [1.807, 2.05) is 30.0 Å². The third-order valence-electron chi connectivity index (χ3n) is 5.74. The average molecular weight is 423 g/mol. The Hall–Kier alpha value is -3.35. The van der Waals surface area contributed by atoms with Gasteiger partial charge in [0, 0.05) is 48.2 Å². The van der Waals surface area contributed by atoms with Crippen molar-refractivity contribution in [3.8, 4) is 0 Å². The van der Waals surface area contributed by atoms with Crippen LogP contribution in [0, 0.1) is 5.82 Å². The molecular weight excluding hydrogens is 395 g/mol. The Balaban J connectivity index is 1.40. The topological polar surface area (TPSA) is 77.2 Å². The van der Waals surface area contributed by atoms with E-state index in [-0.39, 0.29) is 18.3 Å². The molecule has 4 rings (SSSR count). The van der Waals surface area contributed by atoms with Gasteiger partial charge in [0.05, 0.1) is 0 Å². The maximum atomic E-state index is 13.2. The lowest BCUT2D eigenvalue weighted by molar-refractivity contribution is -0.134. The summed E-state index contributed by atoms with van der Waals surface area (Å²) in [6, 6.07) is 13.1. The zero-order valence-corrected chi connectivity index (χ0v) is 17.6. The van der Waals surface area contributed by atoms with Gasteiger partial charge < -0.3 is 20.5 Å². The van der Waals surface area contributed by atoms with Crippen LogP contribution in [-0.4, -0.2) is 34.4 Å². The van der Waals surface area contributed by atoms with E-state index in [1.165, 1.54) is 17.8 Å². The molecule has 1 atom stereocenters. The standard InChI is InChI=1S/C24H27FN4O2/c1-2-5-22(28-24(31)26-14-16-8-10-17(25)11-9-16)23(30)29-13-12-21-19(15-29)18-6-3-4-7-20(18)27-21/h3-4,6-11,22,27H,2,5,12-15H2,1H3,(H2,26,28,31)/t22-/m0/s1. The van der Waals surface area contributed by atoms with Crippen molar-refractivity contribution in [2.45, 2.75) is 45.3 Å². The van der Waals surface area contributed by atoms with E-state index in [9.17, 15) is 14.0 Å². The number of nitrogens with zero attached hydrogens (tertiary/aromatic N) is 1. The fraction of sp³-hybridized carbons (Fsp3) is 0.333. The number of hydrogen-bond donors (Lipinski definition) is 3. The van der Waals surface area contributed by atoms with Gasteiger partial charge in [-0.2, -0.15) is 0 Å². The number of urea groups is 1. The van der Waals surface area contributed by atoms with Crippen molar-refractivity contribution >= 4 is 22.8 Å². The molecule has 1 aliphatic heterocycles. The van der Waals surface area contributed by atoms with Gasteiger partial charge in [0.1, 0.15) is 11.9 Å². The SMILES string of the molecule is CCC[C@H](NC(=O)NCc1ccc(F)cc1)C(=O)N1CCc2[nH]c3ccccc3c2C1. The number of H-pyrrole nitrogens is 1. The van der Waals surface area contributed by atoms with Crippen molar-refractivity contribution in [3.05, 3.63) is 71.2 Å². The van der Waals surface area contributed by atoms with Gasteiger partial charge in [0.15, 0.2) is 0 Å². The van der Waals surface area contributed by atoms with Crippen molar-refractivity contribution in [1.82, 2.24) is 20.5 Å². The zero-order chi connectivity index (χ0) is 21.8. The number of nitrogens with one attached hydrogen (secondary N) is 3. The highest BCUT2D eigenvalue weighted by atomic mass is 19.1. The van der Waals surface area contributed by atoms with Crippen LogP contribution < -0.4 is 10.6 Å². The molecule has 6 nitrogen and oxygen atoms in total.